The second kappa shape index (κ2) is 5.32. The van der Waals surface area contributed by atoms with Gasteiger partial charge >= 0.3 is 0 Å². The van der Waals surface area contributed by atoms with Gasteiger partial charge in [-0.2, -0.15) is 0 Å². The number of piperazine rings is 1. The molecule has 1 aromatic carbocycles. The van der Waals surface area contributed by atoms with Crippen molar-refractivity contribution in [3.8, 4) is 0 Å². The molecule has 1 heterocycles. The van der Waals surface area contributed by atoms with Crippen molar-refractivity contribution in [2.24, 2.45) is 0 Å². The number of rotatable bonds is 2. The zero-order chi connectivity index (χ0) is 14.9. The third-order valence-corrected chi connectivity index (χ3v) is 3.43. The number of anilines is 1. The maximum Gasteiger partial charge on any atom is 0.255 e. The monoisotopic (exact) mass is 275 g/mol. The summed E-state index contributed by atoms with van der Waals surface area (Å²) in [4.78, 5) is 36.8. The minimum absolute atomic E-state index is 0.0983. The van der Waals surface area contributed by atoms with Crippen molar-refractivity contribution in [3.05, 3.63) is 29.3 Å². The summed E-state index contributed by atoms with van der Waals surface area (Å²) < 4.78 is 0. The van der Waals surface area contributed by atoms with Crippen LogP contribution in [0.1, 0.15) is 22.8 Å². The fraction of sp³-hybridized carbons (Fsp3) is 0.357. The number of hydrogen-bond donors (Lipinski definition) is 2. The molecule has 0 radical (unpaired) electrons. The van der Waals surface area contributed by atoms with Crippen LogP contribution in [-0.4, -0.2) is 42.3 Å². The molecule has 1 atom stereocenters. The van der Waals surface area contributed by atoms with E-state index in [0.29, 0.717) is 5.56 Å². The fourth-order valence-electron chi connectivity index (χ4n) is 2.18. The van der Waals surface area contributed by atoms with Crippen LogP contribution in [0.2, 0.25) is 0 Å². The molecule has 0 spiro atoms. The first-order chi connectivity index (χ1) is 9.43. The Morgan fingerprint density at radius 3 is 2.70 bits per heavy atom. The van der Waals surface area contributed by atoms with E-state index in [2.05, 4.69) is 10.6 Å². The molecule has 2 N–H and O–H groups in total. The number of nitrogens with one attached hydrogen (secondary N) is 2. The second-order valence-electron chi connectivity index (χ2n) is 4.80. The normalized spacial score (nSPS) is 18.8. The van der Waals surface area contributed by atoms with Gasteiger partial charge in [-0.25, -0.2) is 0 Å². The van der Waals surface area contributed by atoms with E-state index in [4.69, 9.17) is 0 Å². The molecule has 1 aliphatic rings. The molecule has 106 valence electrons. The van der Waals surface area contributed by atoms with Gasteiger partial charge in [-0.05, 0) is 37.6 Å². The van der Waals surface area contributed by atoms with Crippen molar-refractivity contribution < 1.29 is 14.4 Å². The van der Waals surface area contributed by atoms with Gasteiger partial charge in [0.25, 0.3) is 5.91 Å². The van der Waals surface area contributed by atoms with Crippen LogP contribution in [-0.2, 0) is 9.59 Å². The summed E-state index contributed by atoms with van der Waals surface area (Å²) in [5.74, 6) is -1.20. The Kier molecular flexibility index (Phi) is 3.74. The van der Waals surface area contributed by atoms with E-state index >= 15 is 0 Å². The van der Waals surface area contributed by atoms with E-state index in [1.165, 1.54) is 4.90 Å². The molecule has 1 unspecified atom stereocenters. The van der Waals surface area contributed by atoms with Gasteiger partial charge in [0, 0.05) is 18.3 Å². The highest BCUT2D eigenvalue weighted by atomic mass is 16.2. The first-order valence-electron chi connectivity index (χ1n) is 6.37. The standard InChI is InChI=1S/C14H17N3O3/c1-8-6-10(15-3)4-5-11(8)14(20)17-7-12(18)16-13(19)9(17)2/h4-6,9,15H,7H2,1-3H3,(H,16,18,19). The van der Waals surface area contributed by atoms with Crippen LogP contribution in [0.4, 0.5) is 5.69 Å². The summed E-state index contributed by atoms with van der Waals surface area (Å²) in [6.07, 6.45) is 0. The quantitative estimate of drug-likeness (QED) is 0.771. The molecule has 1 fully saturated rings. The molecule has 0 aliphatic carbocycles. The minimum Gasteiger partial charge on any atom is -0.388 e. The van der Waals surface area contributed by atoms with Gasteiger partial charge < -0.3 is 10.2 Å². The van der Waals surface area contributed by atoms with Gasteiger partial charge in [-0.1, -0.05) is 0 Å². The largest absolute Gasteiger partial charge is 0.388 e. The first-order valence-corrected chi connectivity index (χ1v) is 6.37. The number of hydrogen-bond acceptors (Lipinski definition) is 4. The summed E-state index contributed by atoms with van der Waals surface area (Å²) in [7, 11) is 1.80. The molecule has 3 amide bonds. The molecule has 0 bridgehead atoms. The van der Waals surface area contributed by atoms with E-state index in [1.807, 2.05) is 13.0 Å². The first kappa shape index (κ1) is 14.0. The molecule has 2 rings (SSSR count). The predicted octanol–water partition coefficient (Wildman–Crippen LogP) is 0.524. The molecular weight excluding hydrogens is 258 g/mol. The van der Waals surface area contributed by atoms with E-state index in [-0.39, 0.29) is 12.5 Å². The molecule has 1 aliphatic heterocycles. The van der Waals surface area contributed by atoms with Crippen molar-refractivity contribution in [2.75, 3.05) is 18.9 Å². The summed E-state index contributed by atoms with van der Waals surface area (Å²) in [5, 5.41) is 5.21. The highest BCUT2D eigenvalue weighted by molar-refractivity contribution is 6.07. The Labute approximate surface area is 117 Å². The van der Waals surface area contributed by atoms with Crippen molar-refractivity contribution in [1.82, 2.24) is 10.2 Å². The van der Waals surface area contributed by atoms with Gasteiger partial charge in [0.2, 0.25) is 11.8 Å². The number of carbonyl (C=O) groups excluding carboxylic acids is 3. The summed E-state index contributed by atoms with van der Waals surface area (Å²) in [6.45, 7) is 3.33. The SMILES string of the molecule is CNc1ccc(C(=O)N2CC(=O)NC(=O)C2C)c(C)c1. The third kappa shape index (κ3) is 2.49. The molecule has 1 aromatic rings. The summed E-state index contributed by atoms with van der Waals surface area (Å²) in [5.41, 5.74) is 2.20. The highest BCUT2D eigenvalue weighted by Gasteiger charge is 2.34. The molecule has 0 aromatic heterocycles. The lowest BCUT2D eigenvalue weighted by molar-refractivity contribution is -0.138. The number of benzene rings is 1. The van der Waals surface area contributed by atoms with Gasteiger partial charge in [-0.15, -0.1) is 0 Å². The topological polar surface area (TPSA) is 78.5 Å². The van der Waals surface area contributed by atoms with Crippen molar-refractivity contribution in [3.63, 3.8) is 0 Å². The van der Waals surface area contributed by atoms with Crippen LogP contribution >= 0.6 is 0 Å². The minimum atomic E-state index is -0.649. The average molecular weight is 275 g/mol. The number of imide groups is 1. The highest BCUT2D eigenvalue weighted by Crippen LogP contribution is 2.18. The van der Waals surface area contributed by atoms with Crippen LogP contribution in [0.3, 0.4) is 0 Å². The Bertz CT molecular complexity index is 583. The van der Waals surface area contributed by atoms with E-state index in [9.17, 15) is 14.4 Å². The van der Waals surface area contributed by atoms with Crippen molar-refractivity contribution in [2.45, 2.75) is 19.9 Å². The summed E-state index contributed by atoms with van der Waals surface area (Å²) in [6, 6.07) is 4.69. The fourth-order valence-corrected chi connectivity index (χ4v) is 2.18. The zero-order valence-electron chi connectivity index (χ0n) is 11.7. The van der Waals surface area contributed by atoms with Crippen LogP contribution in [0.25, 0.3) is 0 Å². The Morgan fingerprint density at radius 1 is 1.40 bits per heavy atom. The maximum absolute atomic E-state index is 12.5. The van der Waals surface area contributed by atoms with E-state index < -0.39 is 17.9 Å². The van der Waals surface area contributed by atoms with Gasteiger partial charge in [0.1, 0.15) is 12.6 Å². The Balaban J connectivity index is 2.30. The van der Waals surface area contributed by atoms with Crippen LogP contribution < -0.4 is 10.6 Å². The number of carbonyl (C=O) groups is 3. The molecule has 6 heteroatoms. The summed E-state index contributed by atoms with van der Waals surface area (Å²) >= 11 is 0. The average Bonchev–Trinajstić information content (AvgIpc) is 2.41. The maximum atomic E-state index is 12.5. The van der Waals surface area contributed by atoms with Gasteiger partial charge in [-0.3, -0.25) is 19.7 Å². The Hall–Kier alpha value is -2.37. The zero-order valence-corrected chi connectivity index (χ0v) is 11.7. The lowest BCUT2D eigenvalue weighted by atomic mass is 10.0. The Morgan fingerprint density at radius 2 is 2.10 bits per heavy atom. The van der Waals surface area contributed by atoms with Crippen LogP contribution in [0.5, 0.6) is 0 Å². The predicted molar refractivity (Wildman–Crippen MR) is 74.4 cm³/mol. The van der Waals surface area contributed by atoms with Gasteiger partial charge in [0.05, 0.1) is 0 Å². The molecule has 0 saturated carbocycles. The molecule has 20 heavy (non-hydrogen) atoms. The number of amides is 3. The van der Waals surface area contributed by atoms with Gasteiger partial charge in [0.15, 0.2) is 0 Å². The third-order valence-electron chi connectivity index (χ3n) is 3.43. The lowest BCUT2D eigenvalue weighted by Crippen LogP contribution is -2.58. The molecule has 1 saturated heterocycles. The van der Waals surface area contributed by atoms with Crippen LogP contribution in [0, 0.1) is 6.92 Å². The lowest BCUT2D eigenvalue weighted by Gasteiger charge is -2.32. The van der Waals surface area contributed by atoms with Crippen molar-refractivity contribution >= 4 is 23.4 Å². The van der Waals surface area contributed by atoms with Crippen LogP contribution in [0.15, 0.2) is 18.2 Å². The second-order valence-corrected chi connectivity index (χ2v) is 4.80. The van der Waals surface area contributed by atoms with E-state index in [0.717, 1.165) is 11.3 Å². The van der Waals surface area contributed by atoms with E-state index in [1.54, 1.807) is 26.1 Å². The smallest absolute Gasteiger partial charge is 0.255 e. The number of nitrogens with zero attached hydrogens (tertiary/aromatic N) is 1. The number of aryl methyl sites for hydroxylation is 1. The molecular formula is C14H17N3O3. The van der Waals surface area contributed by atoms with Crippen molar-refractivity contribution in [1.29, 1.82) is 0 Å². The molecule has 6 nitrogen and oxygen atoms in total.